The molecule has 2 aliphatic rings. The van der Waals surface area contributed by atoms with E-state index in [1.807, 2.05) is 6.41 Å². The summed E-state index contributed by atoms with van der Waals surface area (Å²) >= 11 is 0. The van der Waals surface area contributed by atoms with Gasteiger partial charge in [-0.15, -0.1) is 0 Å². The van der Waals surface area contributed by atoms with Crippen LogP contribution in [-0.4, -0.2) is 11.9 Å². The second kappa shape index (κ2) is 2.23. The molecule has 2 nitrogen and oxygen atoms in total. The van der Waals surface area contributed by atoms with Gasteiger partial charge in [0.25, 0.3) is 0 Å². The van der Waals surface area contributed by atoms with E-state index in [4.69, 9.17) is 0 Å². The predicted molar refractivity (Wildman–Crippen MR) is 42.7 cm³/mol. The van der Waals surface area contributed by atoms with E-state index in [0.717, 1.165) is 5.92 Å². The summed E-state index contributed by atoms with van der Waals surface area (Å²) in [4.78, 5) is 10.2. The van der Waals surface area contributed by atoms with Crippen LogP contribution in [0.3, 0.4) is 0 Å². The highest BCUT2D eigenvalue weighted by Crippen LogP contribution is 2.51. The third kappa shape index (κ3) is 1.15. The van der Waals surface area contributed by atoms with E-state index in [-0.39, 0.29) is 5.54 Å². The van der Waals surface area contributed by atoms with Gasteiger partial charge in [0.15, 0.2) is 0 Å². The number of nitrogens with one attached hydrogen (secondary N) is 1. The number of hydrogen-bond acceptors (Lipinski definition) is 1. The second-order valence-corrected chi connectivity index (χ2v) is 4.01. The molecule has 0 aromatic heterocycles. The van der Waals surface area contributed by atoms with Crippen molar-refractivity contribution in [3.05, 3.63) is 0 Å². The molecule has 1 unspecified atom stereocenters. The fourth-order valence-electron chi connectivity index (χ4n) is 1.98. The van der Waals surface area contributed by atoms with Crippen LogP contribution < -0.4 is 5.32 Å². The Bertz CT molecular complexity index is 170. The lowest BCUT2D eigenvalue weighted by Gasteiger charge is -2.21. The maximum absolute atomic E-state index is 10.2. The van der Waals surface area contributed by atoms with Crippen molar-refractivity contribution in [2.45, 2.75) is 38.1 Å². The zero-order valence-electron chi connectivity index (χ0n) is 6.89. The number of rotatable bonds is 4. The van der Waals surface area contributed by atoms with Crippen LogP contribution in [0.5, 0.6) is 0 Å². The van der Waals surface area contributed by atoms with Crippen molar-refractivity contribution < 1.29 is 4.79 Å². The molecule has 1 atom stereocenters. The standard InChI is InChI=1S/C9H14NO/c1-7(8-2-3-8)9(4-5-9)10-6-11/h7-8H,2-5H2,1H3,(H,10,11). The van der Waals surface area contributed by atoms with Crippen LogP contribution >= 0.6 is 0 Å². The van der Waals surface area contributed by atoms with Gasteiger partial charge in [0.05, 0.1) is 0 Å². The Balaban J connectivity index is 1.95. The Kier molecular flexibility index (Phi) is 1.44. The van der Waals surface area contributed by atoms with Gasteiger partial charge in [-0.1, -0.05) is 6.92 Å². The van der Waals surface area contributed by atoms with E-state index in [9.17, 15) is 4.79 Å². The molecule has 2 heteroatoms. The average Bonchev–Trinajstić information content (AvgIpc) is 2.84. The highest BCUT2D eigenvalue weighted by molar-refractivity contribution is 5.50. The van der Waals surface area contributed by atoms with E-state index in [1.165, 1.54) is 25.7 Å². The van der Waals surface area contributed by atoms with Crippen LogP contribution in [0.4, 0.5) is 0 Å². The molecule has 2 rings (SSSR count). The van der Waals surface area contributed by atoms with Crippen LogP contribution in [0, 0.1) is 11.8 Å². The van der Waals surface area contributed by atoms with Gasteiger partial charge >= 0.3 is 6.41 Å². The van der Waals surface area contributed by atoms with Gasteiger partial charge in [-0.05, 0) is 37.5 Å². The molecule has 2 saturated carbocycles. The van der Waals surface area contributed by atoms with Gasteiger partial charge in [0.1, 0.15) is 0 Å². The Morgan fingerprint density at radius 2 is 2.18 bits per heavy atom. The molecule has 1 amide bonds. The van der Waals surface area contributed by atoms with E-state index in [1.54, 1.807) is 0 Å². The SMILES string of the molecule is CC(C1CC1)C1(N[C]=O)CC1. The predicted octanol–water partition coefficient (Wildman–Crippen LogP) is 1.22. The summed E-state index contributed by atoms with van der Waals surface area (Å²) in [6, 6.07) is 0. The van der Waals surface area contributed by atoms with Crippen LogP contribution in [0.15, 0.2) is 0 Å². The van der Waals surface area contributed by atoms with Crippen LogP contribution in [0.2, 0.25) is 0 Å². The molecular formula is C9H14NO. The zero-order chi connectivity index (χ0) is 7.90. The summed E-state index contributed by atoms with van der Waals surface area (Å²) in [5.74, 6) is 1.57. The van der Waals surface area contributed by atoms with Crippen molar-refractivity contribution >= 4 is 6.41 Å². The van der Waals surface area contributed by atoms with E-state index >= 15 is 0 Å². The first-order chi connectivity index (χ1) is 5.28. The monoisotopic (exact) mass is 152 g/mol. The zero-order valence-corrected chi connectivity index (χ0v) is 6.89. The second-order valence-electron chi connectivity index (χ2n) is 4.01. The summed E-state index contributed by atoms with van der Waals surface area (Å²) in [5.41, 5.74) is 0.170. The van der Waals surface area contributed by atoms with Crippen molar-refractivity contribution in [1.29, 1.82) is 0 Å². The van der Waals surface area contributed by atoms with Gasteiger partial charge in [0.2, 0.25) is 0 Å². The minimum absolute atomic E-state index is 0.170. The van der Waals surface area contributed by atoms with E-state index in [0.29, 0.717) is 5.92 Å². The maximum atomic E-state index is 10.2. The minimum Gasteiger partial charge on any atom is -0.342 e. The first-order valence-electron chi connectivity index (χ1n) is 4.43. The molecule has 1 N–H and O–H groups in total. The van der Waals surface area contributed by atoms with Gasteiger partial charge < -0.3 is 5.32 Å². The molecule has 2 fully saturated rings. The van der Waals surface area contributed by atoms with Crippen molar-refractivity contribution in [2.24, 2.45) is 11.8 Å². The van der Waals surface area contributed by atoms with E-state index in [2.05, 4.69) is 12.2 Å². The van der Waals surface area contributed by atoms with Crippen LogP contribution in [0.1, 0.15) is 32.6 Å². The lowest BCUT2D eigenvalue weighted by molar-refractivity contribution is 0.353. The van der Waals surface area contributed by atoms with Crippen LogP contribution in [0.25, 0.3) is 0 Å². The van der Waals surface area contributed by atoms with E-state index < -0.39 is 0 Å². The summed E-state index contributed by atoms with van der Waals surface area (Å²) in [5, 5.41) is 2.85. The van der Waals surface area contributed by atoms with Gasteiger partial charge in [0, 0.05) is 5.54 Å². The minimum atomic E-state index is 0.170. The molecule has 0 aromatic rings. The Morgan fingerprint density at radius 3 is 2.55 bits per heavy atom. The Hall–Kier alpha value is -0.530. The first kappa shape index (κ1) is 7.14. The fourth-order valence-corrected chi connectivity index (χ4v) is 1.98. The van der Waals surface area contributed by atoms with Crippen LogP contribution in [-0.2, 0) is 4.79 Å². The third-order valence-electron chi connectivity index (χ3n) is 3.29. The smallest absolute Gasteiger partial charge is 0.309 e. The molecule has 0 bridgehead atoms. The van der Waals surface area contributed by atoms with Gasteiger partial charge in [-0.2, -0.15) is 0 Å². The largest absolute Gasteiger partial charge is 0.342 e. The van der Waals surface area contributed by atoms with Crippen molar-refractivity contribution in [3.63, 3.8) is 0 Å². The molecule has 61 valence electrons. The average molecular weight is 152 g/mol. The highest BCUT2D eigenvalue weighted by atomic mass is 16.1. The number of amides is 1. The maximum Gasteiger partial charge on any atom is 0.309 e. The quantitative estimate of drug-likeness (QED) is 0.603. The normalized spacial score (nSPS) is 29.2. The molecule has 0 aliphatic heterocycles. The van der Waals surface area contributed by atoms with Gasteiger partial charge in [-0.25, -0.2) is 0 Å². The molecule has 2 aliphatic carbocycles. The third-order valence-corrected chi connectivity index (χ3v) is 3.29. The molecular weight excluding hydrogens is 138 g/mol. The molecule has 0 aromatic carbocycles. The topological polar surface area (TPSA) is 29.1 Å². The fraction of sp³-hybridized carbons (Fsp3) is 0.889. The van der Waals surface area contributed by atoms with Crippen molar-refractivity contribution in [3.8, 4) is 0 Å². The first-order valence-corrected chi connectivity index (χ1v) is 4.43. The molecule has 1 radical (unpaired) electrons. The van der Waals surface area contributed by atoms with Gasteiger partial charge in [-0.3, -0.25) is 4.79 Å². The Labute approximate surface area is 67.4 Å². The highest BCUT2D eigenvalue weighted by Gasteiger charge is 2.52. The summed E-state index contributed by atoms with van der Waals surface area (Å²) in [7, 11) is 0. The summed E-state index contributed by atoms with van der Waals surface area (Å²) < 4.78 is 0. The number of carbonyl (C=O) groups excluding carboxylic acids is 1. The summed E-state index contributed by atoms with van der Waals surface area (Å²) in [6.45, 7) is 2.26. The Morgan fingerprint density at radius 1 is 1.55 bits per heavy atom. The number of hydrogen-bond donors (Lipinski definition) is 1. The molecule has 0 saturated heterocycles. The molecule has 0 heterocycles. The lowest BCUT2D eigenvalue weighted by atomic mass is 9.94. The lowest BCUT2D eigenvalue weighted by Crippen LogP contribution is -2.37. The van der Waals surface area contributed by atoms with Crippen molar-refractivity contribution in [2.75, 3.05) is 0 Å². The van der Waals surface area contributed by atoms with Crippen molar-refractivity contribution in [1.82, 2.24) is 5.32 Å². The molecule has 11 heavy (non-hydrogen) atoms. The summed E-state index contributed by atoms with van der Waals surface area (Å²) in [6.07, 6.45) is 6.90. The molecule has 0 spiro atoms.